The van der Waals surface area contributed by atoms with E-state index in [2.05, 4.69) is 11.9 Å². The van der Waals surface area contributed by atoms with Gasteiger partial charge in [0.15, 0.2) is 11.5 Å². The summed E-state index contributed by atoms with van der Waals surface area (Å²) in [6, 6.07) is 12.5. The molecule has 27 heavy (non-hydrogen) atoms. The Morgan fingerprint density at radius 3 is 2.74 bits per heavy atom. The molecule has 2 heterocycles. The molecule has 2 atom stereocenters. The molecule has 142 valence electrons. The summed E-state index contributed by atoms with van der Waals surface area (Å²) in [5, 5.41) is 10.9. The van der Waals surface area contributed by atoms with E-state index in [4.69, 9.17) is 14.2 Å². The van der Waals surface area contributed by atoms with Gasteiger partial charge in [-0.25, -0.2) is 0 Å². The molecule has 2 aromatic carbocycles. The smallest absolute Gasteiger partial charge is 0.269 e. The summed E-state index contributed by atoms with van der Waals surface area (Å²) in [4.78, 5) is 12.8. The monoisotopic (exact) mass is 370 g/mol. The molecule has 0 bridgehead atoms. The maximum atomic E-state index is 10.9. The van der Waals surface area contributed by atoms with Crippen LogP contribution in [0.25, 0.3) is 0 Å². The molecular formula is C20H22N2O5. The summed E-state index contributed by atoms with van der Waals surface area (Å²) in [7, 11) is 2.11. The van der Waals surface area contributed by atoms with Crippen LogP contribution in [-0.2, 0) is 0 Å². The predicted octanol–water partition coefficient (Wildman–Crippen LogP) is 3.44. The van der Waals surface area contributed by atoms with Crippen LogP contribution in [-0.4, -0.2) is 43.4 Å². The fourth-order valence-electron chi connectivity index (χ4n) is 3.83. The SMILES string of the molecule is CN1CC[C@H](c2ccc([N+](=O)[O-])cc2)[C@@H](COc2ccc3c(c2)OCO3)C1. The molecule has 0 radical (unpaired) electrons. The van der Waals surface area contributed by atoms with Crippen molar-refractivity contribution >= 4 is 5.69 Å². The molecule has 0 spiro atoms. The molecule has 7 heteroatoms. The number of likely N-dealkylation sites (tertiary alicyclic amines) is 1. The van der Waals surface area contributed by atoms with Gasteiger partial charge in [-0.2, -0.15) is 0 Å². The summed E-state index contributed by atoms with van der Waals surface area (Å²) in [5.74, 6) is 2.82. The van der Waals surface area contributed by atoms with Crippen LogP contribution in [0.15, 0.2) is 42.5 Å². The third-order valence-electron chi connectivity index (χ3n) is 5.28. The van der Waals surface area contributed by atoms with Crippen LogP contribution in [0.2, 0.25) is 0 Å². The van der Waals surface area contributed by atoms with Crippen molar-refractivity contribution in [3.8, 4) is 17.2 Å². The number of rotatable bonds is 5. The number of non-ortho nitro benzene ring substituents is 1. The predicted molar refractivity (Wildman–Crippen MR) is 99.5 cm³/mol. The maximum Gasteiger partial charge on any atom is 0.269 e. The van der Waals surface area contributed by atoms with Gasteiger partial charge in [0.05, 0.1) is 11.5 Å². The fraction of sp³-hybridized carbons (Fsp3) is 0.400. The van der Waals surface area contributed by atoms with Crippen molar-refractivity contribution in [3.63, 3.8) is 0 Å². The second-order valence-electron chi connectivity index (χ2n) is 7.09. The molecule has 2 aliphatic rings. The third-order valence-corrected chi connectivity index (χ3v) is 5.28. The average molecular weight is 370 g/mol. The van der Waals surface area contributed by atoms with Gasteiger partial charge in [-0.05, 0) is 43.6 Å². The van der Waals surface area contributed by atoms with E-state index >= 15 is 0 Å². The van der Waals surface area contributed by atoms with Crippen molar-refractivity contribution in [1.29, 1.82) is 0 Å². The standard InChI is InChI=1S/C20H22N2O5/c1-21-9-8-18(14-2-4-16(5-3-14)22(23)24)15(11-21)12-25-17-6-7-19-20(10-17)27-13-26-19/h2-7,10,15,18H,8-9,11-13H2,1H3/t15-,18-/m1/s1. The van der Waals surface area contributed by atoms with Gasteiger partial charge in [0, 0.05) is 30.7 Å². The topological polar surface area (TPSA) is 74.1 Å². The molecule has 0 aromatic heterocycles. The largest absolute Gasteiger partial charge is 0.493 e. The Kier molecular flexibility index (Phi) is 4.85. The molecule has 1 saturated heterocycles. The highest BCUT2D eigenvalue weighted by molar-refractivity contribution is 5.46. The van der Waals surface area contributed by atoms with Crippen molar-refractivity contribution in [2.45, 2.75) is 12.3 Å². The number of benzene rings is 2. The summed E-state index contributed by atoms with van der Waals surface area (Å²) >= 11 is 0. The van der Waals surface area contributed by atoms with Crippen LogP contribution in [0, 0.1) is 16.0 Å². The molecular weight excluding hydrogens is 348 g/mol. The number of fused-ring (bicyclic) bond motifs is 1. The highest BCUT2D eigenvalue weighted by atomic mass is 16.7. The number of nitrogens with zero attached hydrogens (tertiary/aromatic N) is 2. The van der Waals surface area contributed by atoms with Crippen LogP contribution in [0.1, 0.15) is 17.9 Å². The summed E-state index contributed by atoms with van der Waals surface area (Å²) < 4.78 is 16.8. The van der Waals surface area contributed by atoms with Gasteiger partial charge in [-0.1, -0.05) is 12.1 Å². The lowest BCUT2D eigenvalue weighted by Crippen LogP contribution is -2.39. The van der Waals surface area contributed by atoms with Crippen molar-refractivity contribution in [3.05, 3.63) is 58.1 Å². The number of ether oxygens (including phenoxy) is 3. The minimum absolute atomic E-state index is 0.125. The first-order valence-corrected chi connectivity index (χ1v) is 9.05. The molecule has 4 rings (SSSR count). The van der Waals surface area contributed by atoms with Crippen molar-refractivity contribution in [1.82, 2.24) is 4.90 Å². The van der Waals surface area contributed by atoms with E-state index in [1.165, 1.54) is 0 Å². The Balaban J connectivity index is 1.47. The fourth-order valence-corrected chi connectivity index (χ4v) is 3.83. The van der Waals surface area contributed by atoms with Gasteiger partial charge in [0.1, 0.15) is 5.75 Å². The van der Waals surface area contributed by atoms with E-state index in [9.17, 15) is 10.1 Å². The maximum absolute atomic E-state index is 10.9. The number of hydrogen-bond acceptors (Lipinski definition) is 6. The number of nitro benzene ring substituents is 1. The Morgan fingerprint density at radius 2 is 1.96 bits per heavy atom. The first-order valence-electron chi connectivity index (χ1n) is 9.05. The summed E-state index contributed by atoms with van der Waals surface area (Å²) in [6.45, 7) is 2.74. The molecule has 0 amide bonds. The molecule has 1 fully saturated rings. The lowest BCUT2D eigenvalue weighted by molar-refractivity contribution is -0.384. The minimum atomic E-state index is -0.362. The van der Waals surface area contributed by atoms with Crippen LogP contribution < -0.4 is 14.2 Å². The number of piperidine rings is 1. The van der Waals surface area contributed by atoms with E-state index in [0.29, 0.717) is 24.2 Å². The Bertz CT molecular complexity index is 824. The zero-order valence-electron chi connectivity index (χ0n) is 15.2. The highest BCUT2D eigenvalue weighted by Gasteiger charge is 2.30. The van der Waals surface area contributed by atoms with Crippen molar-refractivity contribution in [2.24, 2.45) is 5.92 Å². The summed E-state index contributed by atoms with van der Waals surface area (Å²) in [6.07, 6.45) is 1.00. The van der Waals surface area contributed by atoms with Gasteiger partial charge < -0.3 is 19.1 Å². The Morgan fingerprint density at radius 1 is 1.19 bits per heavy atom. The normalized spacial score (nSPS) is 21.8. The second kappa shape index (κ2) is 7.44. The Labute approximate surface area is 157 Å². The molecule has 2 aliphatic heterocycles. The van der Waals surface area contributed by atoms with E-state index < -0.39 is 0 Å². The molecule has 0 aliphatic carbocycles. The lowest BCUT2D eigenvalue weighted by atomic mass is 9.81. The van der Waals surface area contributed by atoms with Gasteiger partial charge >= 0.3 is 0 Å². The van der Waals surface area contributed by atoms with Crippen LogP contribution in [0.4, 0.5) is 5.69 Å². The second-order valence-corrected chi connectivity index (χ2v) is 7.09. The zero-order chi connectivity index (χ0) is 18.8. The molecule has 2 aromatic rings. The van der Waals surface area contributed by atoms with Crippen molar-refractivity contribution < 1.29 is 19.1 Å². The van der Waals surface area contributed by atoms with Gasteiger partial charge in [0.2, 0.25) is 6.79 Å². The number of nitro groups is 1. The van der Waals surface area contributed by atoms with Crippen LogP contribution >= 0.6 is 0 Å². The van der Waals surface area contributed by atoms with E-state index in [1.54, 1.807) is 12.1 Å². The Hall–Kier alpha value is -2.80. The third kappa shape index (κ3) is 3.83. The van der Waals surface area contributed by atoms with Crippen LogP contribution in [0.5, 0.6) is 17.2 Å². The van der Waals surface area contributed by atoms with Gasteiger partial charge in [0.25, 0.3) is 5.69 Å². The van der Waals surface area contributed by atoms with Crippen molar-refractivity contribution in [2.75, 3.05) is 33.5 Å². The summed E-state index contributed by atoms with van der Waals surface area (Å²) in [5.41, 5.74) is 1.26. The average Bonchev–Trinajstić information content (AvgIpc) is 3.14. The highest BCUT2D eigenvalue weighted by Crippen LogP contribution is 2.37. The minimum Gasteiger partial charge on any atom is -0.493 e. The lowest BCUT2D eigenvalue weighted by Gasteiger charge is -2.37. The van der Waals surface area contributed by atoms with Crippen LogP contribution in [0.3, 0.4) is 0 Å². The van der Waals surface area contributed by atoms with E-state index in [1.807, 2.05) is 30.3 Å². The number of hydrogen-bond donors (Lipinski definition) is 0. The molecule has 7 nitrogen and oxygen atoms in total. The van der Waals surface area contributed by atoms with E-state index in [0.717, 1.165) is 36.6 Å². The zero-order valence-corrected chi connectivity index (χ0v) is 15.2. The molecule has 0 unspecified atom stereocenters. The quantitative estimate of drug-likeness (QED) is 0.593. The van der Waals surface area contributed by atoms with Gasteiger partial charge in [-0.3, -0.25) is 10.1 Å². The van der Waals surface area contributed by atoms with E-state index in [-0.39, 0.29) is 17.4 Å². The van der Waals surface area contributed by atoms with Gasteiger partial charge in [-0.15, -0.1) is 0 Å². The first-order chi connectivity index (χ1) is 13.1. The first kappa shape index (κ1) is 17.6. The molecule has 0 saturated carbocycles. The molecule has 0 N–H and O–H groups in total.